The molecular weight excluding hydrogens is 649 g/mol. The second kappa shape index (κ2) is 10.9. The third-order valence-corrected chi connectivity index (χ3v) is 6.35. The molecule has 38 heavy (non-hydrogen) atoms. The van der Waals surface area contributed by atoms with E-state index >= 15 is 0 Å². The van der Waals surface area contributed by atoms with Crippen LogP contribution >= 0.6 is 0 Å². The molecule has 2 aromatic heterocycles. The van der Waals surface area contributed by atoms with Crippen molar-refractivity contribution in [1.82, 2.24) is 9.97 Å². The Morgan fingerprint density at radius 3 is 2.32 bits per heavy atom. The first kappa shape index (κ1) is 25.2. The molecule has 7 rings (SSSR count). The number of aromatic carboxylic acids is 1. The van der Waals surface area contributed by atoms with E-state index < -0.39 is 5.97 Å². The molecular formula is C33H21IrN2O2-. The van der Waals surface area contributed by atoms with E-state index in [0.29, 0.717) is 5.52 Å². The summed E-state index contributed by atoms with van der Waals surface area (Å²) in [6.07, 6.45) is 4.34. The number of carbonyl (C=O) groups is 1. The topological polar surface area (TPSA) is 63.1 Å². The van der Waals surface area contributed by atoms with Crippen LogP contribution in [-0.2, 0) is 20.1 Å². The summed E-state index contributed by atoms with van der Waals surface area (Å²) in [5.74, 6) is -0.995. The van der Waals surface area contributed by atoms with E-state index in [4.69, 9.17) is 10.1 Å². The van der Waals surface area contributed by atoms with Gasteiger partial charge in [0.1, 0.15) is 5.69 Å². The van der Waals surface area contributed by atoms with Crippen molar-refractivity contribution >= 4 is 39.9 Å². The third kappa shape index (κ3) is 4.90. The van der Waals surface area contributed by atoms with E-state index in [-0.39, 0.29) is 25.8 Å². The first-order chi connectivity index (χ1) is 18.2. The minimum atomic E-state index is -0.995. The van der Waals surface area contributed by atoms with Crippen LogP contribution in [0.25, 0.3) is 56.3 Å². The Bertz CT molecular complexity index is 1810. The minimum absolute atomic E-state index is 0. The standard InChI is InChI=1S/C23H14N.C10H7NO2.Ir/c1-2-7-16(8-3-1)19-10-4-5-11-20(19)22-15-18-14-13-17-9-6-12-21(24-22)23(17)18;12-10(13)9-6-5-7-3-1-2-4-8(7)11-9;/h1-10,12-15H;1-6H,(H,12,13);/q-1;;. The molecule has 1 radical (unpaired) electrons. The smallest absolute Gasteiger partial charge is 0.354 e. The summed E-state index contributed by atoms with van der Waals surface area (Å²) in [4.78, 5) is 19.5. The zero-order valence-corrected chi connectivity index (χ0v) is 22.5. The van der Waals surface area contributed by atoms with Crippen LogP contribution in [0, 0.1) is 6.07 Å². The maximum Gasteiger partial charge on any atom is 0.354 e. The average molecular weight is 670 g/mol. The maximum atomic E-state index is 10.6. The van der Waals surface area contributed by atoms with E-state index in [9.17, 15) is 4.79 Å². The van der Waals surface area contributed by atoms with Gasteiger partial charge in [-0.2, -0.15) is 0 Å². The molecule has 0 aliphatic heterocycles. The fourth-order valence-electron chi connectivity index (χ4n) is 4.62. The zero-order chi connectivity index (χ0) is 25.2. The van der Waals surface area contributed by atoms with Crippen LogP contribution in [0.1, 0.15) is 21.6 Å². The van der Waals surface area contributed by atoms with E-state index in [0.717, 1.165) is 27.7 Å². The second-order valence-electron chi connectivity index (χ2n) is 8.69. The molecule has 0 saturated heterocycles. The normalized spacial score (nSPS) is 11.1. The molecule has 6 aromatic rings. The minimum Gasteiger partial charge on any atom is -0.477 e. The number of aromatic nitrogens is 2. The Kier molecular flexibility index (Phi) is 7.23. The number of rotatable bonds is 3. The molecule has 2 heterocycles. The number of hydrogen-bond acceptors (Lipinski definition) is 3. The van der Waals surface area contributed by atoms with Gasteiger partial charge >= 0.3 is 5.97 Å². The number of carboxylic acid groups (broad SMARTS) is 1. The molecule has 1 aliphatic carbocycles. The Morgan fingerprint density at radius 1 is 0.711 bits per heavy atom. The first-order valence-corrected chi connectivity index (χ1v) is 11.9. The summed E-state index contributed by atoms with van der Waals surface area (Å²) in [7, 11) is 0. The number of benzene rings is 4. The number of para-hydroxylation sites is 1. The summed E-state index contributed by atoms with van der Waals surface area (Å²) in [5.41, 5.74) is 8.70. The van der Waals surface area contributed by atoms with Gasteiger partial charge in [0.05, 0.1) is 11.0 Å². The molecule has 4 aromatic carbocycles. The molecule has 0 fully saturated rings. The van der Waals surface area contributed by atoms with Gasteiger partial charge in [-0.15, -0.1) is 29.8 Å². The van der Waals surface area contributed by atoms with Gasteiger partial charge in [-0.05, 0) is 35.0 Å². The van der Waals surface area contributed by atoms with Gasteiger partial charge < -0.3 is 5.11 Å². The Hall–Kier alpha value is -4.44. The Morgan fingerprint density at radius 2 is 1.47 bits per heavy atom. The molecule has 1 aliphatic rings. The molecule has 0 atom stereocenters. The fourth-order valence-corrected chi connectivity index (χ4v) is 4.62. The van der Waals surface area contributed by atoms with Crippen molar-refractivity contribution in [2.24, 2.45) is 0 Å². The molecule has 0 spiro atoms. The second-order valence-corrected chi connectivity index (χ2v) is 8.69. The summed E-state index contributed by atoms with van der Waals surface area (Å²) < 4.78 is 0. The van der Waals surface area contributed by atoms with Crippen LogP contribution in [0.15, 0.2) is 109 Å². The van der Waals surface area contributed by atoms with Crippen LogP contribution in [0.2, 0.25) is 0 Å². The number of pyridine rings is 2. The van der Waals surface area contributed by atoms with Crippen LogP contribution in [0.3, 0.4) is 0 Å². The predicted molar refractivity (Wildman–Crippen MR) is 149 cm³/mol. The monoisotopic (exact) mass is 670 g/mol. The third-order valence-electron chi connectivity index (χ3n) is 6.35. The van der Waals surface area contributed by atoms with Crippen LogP contribution in [0.5, 0.6) is 0 Å². The van der Waals surface area contributed by atoms with Gasteiger partial charge in [0.25, 0.3) is 0 Å². The molecule has 0 unspecified atom stereocenters. The van der Waals surface area contributed by atoms with Gasteiger partial charge in [-0.3, -0.25) is 4.98 Å². The predicted octanol–water partition coefficient (Wildman–Crippen LogP) is 7.78. The Labute approximate surface area is 233 Å². The van der Waals surface area contributed by atoms with Crippen molar-refractivity contribution in [2.45, 2.75) is 0 Å². The van der Waals surface area contributed by atoms with Crippen molar-refractivity contribution < 1.29 is 30.0 Å². The van der Waals surface area contributed by atoms with Crippen molar-refractivity contribution in [2.75, 3.05) is 0 Å². The number of carboxylic acids is 1. The van der Waals surface area contributed by atoms with Crippen molar-refractivity contribution in [3.8, 4) is 22.4 Å². The molecule has 1 N–H and O–H groups in total. The number of hydrogen-bond donors (Lipinski definition) is 1. The van der Waals surface area contributed by atoms with Crippen LogP contribution in [-0.4, -0.2) is 21.0 Å². The molecule has 0 bridgehead atoms. The van der Waals surface area contributed by atoms with Crippen LogP contribution in [0.4, 0.5) is 0 Å². The van der Waals surface area contributed by atoms with Crippen molar-refractivity contribution in [1.29, 1.82) is 0 Å². The number of fused-ring (bicyclic) bond motifs is 1. The van der Waals surface area contributed by atoms with Gasteiger partial charge in [0.15, 0.2) is 0 Å². The van der Waals surface area contributed by atoms with E-state index in [2.05, 4.69) is 77.8 Å². The van der Waals surface area contributed by atoms with Crippen molar-refractivity contribution in [3.05, 3.63) is 132 Å². The van der Waals surface area contributed by atoms with E-state index in [1.807, 2.05) is 36.4 Å². The molecule has 185 valence electrons. The summed E-state index contributed by atoms with van der Waals surface area (Å²) >= 11 is 0. The van der Waals surface area contributed by atoms with Gasteiger partial charge in [-0.1, -0.05) is 96.1 Å². The van der Waals surface area contributed by atoms with Gasteiger partial charge in [0.2, 0.25) is 0 Å². The van der Waals surface area contributed by atoms with Crippen molar-refractivity contribution in [3.63, 3.8) is 0 Å². The fraction of sp³-hybridized carbons (Fsp3) is 0. The quantitative estimate of drug-likeness (QED) is 0.195. The zero-order valence-electron chi connectivity index (χ0n) is 20.1. The summed E-state index contributed by atoms with van der Waals surface area (Å²) in [6.45, 7) is 0. The van der Waals surface area contributed by atoms with Gasteiger partial charge in [-0.25, -0.2) is 9.78 Å². The molecule has 0 saturated carbocycles. The first-order valence-electron chi connectivity index (χ1n) is 11.9. The SMILES string of the molecule is O=C(O)c1ccc2ccccc2n1.[Ir].[c-]1cccc(-c2ccccc2)c1-c1cc2c3c(cccc3n1)C=C2. The largest absolute Gasteiger partial charge is 0.477 e. The van der Waals surface area contributed by atoms with Crippen LogP contribution < -0.4 is 0 Å². The molecule has 0 amide bonds. The maximum absolute atomic E-state index is 10.6. The summed E-state index contributed by atoms with van der Waals surface area (Å²) in [5, 5.41) is 10.9. The average Bonchev–Trinajstić information content (AvgIpc) is 3.38. The molecule has 4 nitrogen and oxygen atoms in total. The molecule has 5 heteroatoms. The van der Waals surface area contributed by atoms with Gasteiger partial charge in [0, 0.05) is 30.9 Å². The summed E-state index contributed by atoms with van der Waals surface area (Å²) in [6, 6.07) is 39.1. The Balaban J connectivity index is 0.000000179. The van der Waals surface area contributed by atoms with E-state index in [1.54, 1.807) is 12.1 Å². The van der Waals surface area contributed by atoms with E-state index in [1.165, 1.54) is 28.1 Å². The number of nitrogens with zero attached hydrogens (tertiary/aromatic N) is 2.